The number of hydrogen-bond acceptors (Lipinski definition) is 5. The molecule has 2 N–H and O–H groups in total. The Hall–Kier alpha value is -1.76. The summed E-state index contributed by atoms with van der Waals surface area (Å²) in [5.74, 6) is 0.297. The fourth-order valence-corrected chi connectivity index (χ4v) is 2.82. The van der Waals surface area contributed by atoms with Crippen LogP contribution in [0.5, 0.6) is 5.75 Å². The topological polar surface area (TPSA) is 95.7 Å². The molecule has 118 valence electrons. The molecule has 1 rings (SSSR count). The summed E-state index contributed by atoms with van der Waals surface area (Å²) in [5, 5.41) is 0. The first-order chi connectivity index (χ1) is 9.55. The van der Waals surface area contributed by atoms with Crippen LogP contribution in [0.3, 0.4) is 0 Å². The Balaban J connectivity index is 3.44. The number of primary amides is 1. The molecule has 0 spiro atoms. The van der Waals surface area contributed by atoms with Gasteiger partial charge in [-0.2, -0.15) is 0 Å². The highest BCUT2D eigenvalue weighted by molar-refractivity contribution is 7.82. The predicted octanol–water partition coefficient (Wildman–Crippen LogP) is 2.96. The third-order valence-corrected chi connectivity index (χ3v) is 3.75. The van der Waals surface area contributed by atoms with Crippen molar-refractivity contribution >= 4 is 16.5 Å². The van der Waals surface area contributed by atoms with Gasteiger partial charge >= 0.3 is 16.5 Å². The average Bonchev–Trinajstić information content (AvgIpc) is 2.24. The highest BCUT2D eigenvalue weighted by Crippen LogP contribution is 2.37. The van der Waals surface area contributed by atoms with Crippen LogP contribution in [0, 0.1) is 6.92 Å². The third-order valence-electron chi connectivity index (χ3n) is 3.01. The molecule has 0 atom stereocenters. The largest absolute Gasteiger partial charge is 0.504 e. The van der Waals surface area contributed by atoms with Crippen molar-refractivity contribution in [2.75, 3.05) is 0 Å². The summed E-state index contributed by atoms with van der Waals surface area (Å²) in [7, 11) is -4.54. The number of aryl methyl sites for hydroxylation is 1. The molecule has 0 heterocycles. The molecule has 0 bridgehead atoms. The van der Waals surface area contributed by atoms with Crippen LogP contribution < -0.4 is 9.92 Å². The van der Waals surface area contributed by atoms with E-state index in [9.17, 15) is 13.2 Å². The van der Waals surface area contributed by atoms with Gasteiger partial charge in [0.15, 0.2) is 5.75 Å². The molecule has 0 aliphatic heterocycles. The third kappa shape index (κ3) is 4.35. The summed E-state index contributed by atoms with van der Waals surface area (Å²) >= 11 is 0. The Labute approximate surface area is 125 Å². The van der Waals surface area contributed by atoms with E-state index in [0.717, 1.165) is 16.7 Å². The van der Waals surface area contributed by atoms with E-state index in [1.54, 1.807) is 6.07 Å². The summed E-state index contributed by atoms with van der Waals surface area (Å²) in [6, 6.07) is 3.72. The van der Waals surface area contributed by atoms with Crippen LogP contribution in [0.2, 0.25) is 0 Å². The average molecular weight is 315 g/mol. The Bertz CT molecular complexity index is 635. The van der Waals surface area contributed by atoms with Gasteiger partial charge in [0.2, 0.25) is 0 Å². The molecule has 7 heteroatoms. The van der Waals surface area contributed by atoms with E-state index in [1.165, 1.54) is 0 Å². The lowest BCUT2D eigenvalue weighted by Gasteiger charge is -2.20. The van der Waals surface area contributed by atoms with E-state index in [0.29, 0.717) is 0 Å². The first-order valence-electron chi connectivity index (χ1n) is 6.62. The van der Waals surface area contributed by atoms with Gasteiger partial charge in [-0.25, -0.2) is 4.79 Å². The van der Waals surface area contributed by atoms with Crippen molar-refractivity contribution in [3.8, 4) is 5.75 Å². The van der Waals surface area contributed by atoms with Gasteiger partial charge in [-0.3, -0.25) is 4.18 Å². The minimum atomic E-state index is -4.54. The van der Waals surface area contributed by atoms with E-state index in [1.807, 2.05) is 40.7 Å². The van der Waals surface area contributed by atoms with Crippen molar-refractivity contribution in [3.63, 3.8) is 0 Å². The second-order valence-corrected chi connectivity index (χ2v) is 6.57. The van der Waals surface area contributed by atoms with E-state index >= 15 is 0 Å². The quantitative estimate of drug-likeness (QED) is 0.901. The summed E-state index contributed by atoms with van der Waals surface area (Å²) in [5.41, 5.74) is 7.12. The zero-order valence-electron chi connectivity index (χ0n) is 12.8. The van der Waals surface area contributed by atoms with Gasteiger partial charge < -0.3 is 9.92 Å². The molecule has 0 saturated carbocycles. The molecule has 1 aromatic rings. The lowest BCUT2D eigenvalue weighted by atomic mass is 9.90. The summed E-state index contributed by atoms with van der Waals surface area (Å²) < 4.78 is 32.5. The molecule has 0 radical (unpaired) electrons. The summed E-state index contributed by atoms with van der Waals surface area (Å²) in [4.78, 5) is 10.7. The number of benzene rings is 1. The fourth-order valence-electron chi connectivity index (χ4n) is 2.20. The van der Waals surface area contributed by atoms with Crippen LogP contribution in [-0.4, -0.2) is 14.5 Å². The first-order valence-corrected chi connectivity index (χ1v) is 7.95. The summed E-state index contributed by atoms with van der Waals surface area (Å²) in [6.07, 6.45) is -1.43. The van der Waals surface area contributed by atoms with Gasteiger partial charge in [-0.05, 0) is 29.9 Å². The Morgan fingerprint density at radius 3 is 2.14 bits per heavy atom. The Morgan fingerprint density at radius 2 is 1.71 bits per heavy atom. The van der Waals surface area contributed by atoms with Crippen LogP contribution >= 0.6 is 0 Å². The number of amides is 1. The maximum atomic E-state index is 11.7. The number of hydrogen-bond donors (Lipinski definition) is 1. The molecule has 0 unspecified atom stereocenters. The Morgan fingerprint density at radius 1 is 1.14 bits per heavy atom. The molecule has 1 aromatic carbocycles. The van der Waals surface area contributed by atoms with Crippen LogP contribution in [0.1, 0.15) is 56.2 Å². The molecular weight excluding hydrogens is 294 g/mol. The second-order valence-electron chi connectivity index (χ2n) is 5.42. The van der Waals surface area contributed by atoms with Crippen molar-refractivity contribution < 1.29 is 21.6 Å². The van der Waals surface area contributed by atoms with Gasteiger partial charge in [-0.15, -0.1) is 8.42 Å². The maximum absolute atomic E-state index is 11.7. The van der Waals surface area contributed by atoms with Gasteiger partial charge in [0, 0.05) is 5.56 Å². The van der Waals surface area contributed by atoms with E-state index in [4.69, 9.17) is 9.92 Å². The molecule has 1 amide bonds. The van der Waals surface area contributed by atoms with Crippen molar-refractivity contribution in [3.05, 3.63) is 28.8 Å². The van der Waals surface area contributed by atoms with Gasteiger partial charge in [-0.1, -0.05) is 39.8 Å². The normalized spacial score (nSPS) is 11.8. The van der Waals surface area contributed by atoms with E-state index in [-0.39, 0.29) is 17.6 Å². The van der Waals surface area contributed by atoms with Crippen LogP contribution in [0.25, 0.3) is 0 Å². The van der Waals surface area contributed by atoms with E-state index in [2.05, 4.69) is 4.18 Å². The minimum absolute atomic E-state index is 0.0434. The minimum Gasteiger partial charge on any atom is -0.352 e. The van der Waals surface area contributed by atoms with Crippen molar-refractivity contribution in [1.29, 1.82) is 0 Å². The zero-order valence-corrected chi connectivity index (χ0v) is 13.7. The number of carbonyl (C=O) groups is 1. The standard InChI is InChI=1S/C14H21NO5S/c1-8(2)11-7-6-10(5)12(9(3)4)13(11)19-21(17,18)20-14(15)16/h6-9H,1-5H3,(H2,15,16). The first kappa shape index (κ1) is 17.3. The second kappa shape index (κ2) is 6.34. The molecule has 0 aliphatic carbocycles. The number of carbonyl (C=O) groups excluding carboxylic acids is 1. The molecule has 6 nitrogen and oxygen atoms in total. The Kier molecular flexibility index (Phi) is 5.22. The molecule has 0 fully saturated rings. The fraction of sp³-hybridized carbons (Fsp3) is 0.500. The molecular formula is C14H21NO5S. The molecule has 0 aromatic heterocycles. The van der Waals surface area contributed by atoms with Gasteiger partial charge in [0.25, 0.3) is 0 Å². The van der Waals surface area contributed by atoms with Crippen LogP contribution in [0.4, 0.5) is 4.79 Å². The summed E-state index contributed by atoms with van der Waals surface area (Å²) in [6.45, 7) is 9.57. The molecule has 0 aliphatic rings. The van der Waals surface area contributed by atoms with Crippen LogP contribution in [0.15, 0.2) is 12.1 Å². The molecule has 21 heavy (non-hydrogen) atoms. The monoisotopic (exact) mass is 315 g/mol. The van der Waals surface area contributed by atoms with Gasteiger partial charge in [0.05, 0.1) is 0 Å². The lowest BCUT2D eigenvalue weighted by molar-refractivity contribution is 0.206. The number of nitrogens with two attached hydrogens (primary N) is 1. The van der Waals surface area contributed by atoms with Crippen molar-refractivity contribution in [1.82, 2.24) is 0 Å². The van der Waals surface area contributed by atoms with Gasteiger partial charge in [0.1, 0.15) is 0 Å². The highest BCUT2D eigenvalue weighted by atomic mass is 32.3. The van der Waals surface area contributed by atoms with Crippen LogP contribution in [-0.2, 0) is 14.6 Å². The van der Waals surface area contributed by atoms with Crippen molar-refractivity contribution in [2.45, 2.75) is 46.5 Å². The lowest BCUT2D eigenvalue weighted by Crippen LogP contribution is -2.23. The number of rotatable bonds is 5. The SMILES string of the molecule is Cc1ccc(C(C)C)c(OS(=O)(=O)OC(N)=O)c1C(C)C. The predicted molar refractivity (Wildman–Crippen MR) is 79.6 cm³/mol. The highest BCUT2D eigenvalue weighted by Gasteiger charge is 2.25. The zero-order chi connectivity index (χ0) is 16.4. The smallest absolute Gasteiger partial charge is 0.352 e. The molecule has 0 saturated heterocycles. The van der Waals surface area contributed by atoms with Crippen molar-refractivity contribution in [2.24, 2.45) is 5.73 Å². The maximum Gasteiger partial charge on any atom is 0.504 e. The van der Waals surface area contributed by atoms with E-state index < -0.39 is 16.5 Å².